The Morgan fingerprint density at radius 1 is 0.536 bits per heavy atom. The third kappa shape index (κ3) is 9.42. The van der Waals surface area contributed by atoms with Crippen LogP contribution in [0, 0.1) is 0 Å². The Kier molecular flexibility index (Phi) is 11.3. The molecule has 0 saturated heterocycles. The van der Waals surface area contributed by atoms with Crippen molar-refractivity contribution in [2.75, 3.05) is 0 Å². The number of pyridine rings is 3. The van der Waals surface area contributed by atoms with Gasteiger partial charge in [0.25, 0.3) is 0 Å². The fourth-order valence-corrected chi connectivity index (χ4v) is 1.45. The van der Waals surface area contributed by atoms with Crippen LogP contribution >= 0.6 is 0 Å². The van der Waals surface area contributed by atoms with Crippen LogP contribution in [0.3, 0.4) is 0 Å². The Balaban J connectivity index is 0.000000384. The number of carboxylic acid groups (broad SMARTS) is 3. The molecule has 3 aromatic rings. The van der Waals surface area contributed by atoms with E-state index in [0.29, 0.717) is 0 Å². The number of aromatic carboxylic acids is 3. The van der Waals surface area contributed by atoms with Crippen LogP contribution in [0.1, 0.15) is 31.5 Å². The number of carbonyl (C=O) groups is 3. The van der Waals surface area contributed by atoms with Crippen molar-refractivity contribution in [3.8, 4) is 0 Å². The average molecular weight is 377 g/mol. The normalized spacial score (nSPS) is 8.57. The van der Waals surface area contributed by atoms with E-state index in [-0.39, 0.29) is 25.5 Å². The molecule has 0 fully saturated rings. The molecule has 0 atom stereocenters. The molecule has 0 amide bonds. The number of carbonyl (C=O) groups excluding carboxylic acids is 3. The van der Waals surface area contributed by atoms with Crippen LogP contribution in [-0.2, 0) is 0 Å². The standard InChI is InChI=1S/3C6H5NO2.B/c3*8-6(9)5-3-1-2-4-7-5;/h3*1-4H,(H,8,9);/q;;;+3/p-3. The van der Waals surface area contributed by atoms with Crippen molar-refractivity contribution >= 4 is 26.3 Å². The predicted octanol–water partition coefficient (Wildman–Crippen LogP) is -2.05. The van der Waals surface area contributed by atoms with E-state index < -0.39 is 17.9 Å². The van der Waals surface area contributed by atoms with E-state index in [9.17, 15) is 29.7 Å². The van der Waals surface area contributed by atoms with E-state index in [4.69, 9.17) is 0 Å². The summed E-state index contributed by atoms with van der Waals surface area (Å²) in [5, 5.41) is 30.1. The summed E-state index contributed by atoms with van der Waals surface area (Å²) in [6.07, 6.45) is 4.22. The van der Waals surface area contributed by atoms with E-state index in [0.717, 1.165) is 0 Å². The number of aromatic nitrogens is 3. The Morgan fingerprint density at radius 2 is 0.786 bits per heavy atom. The van der Waals surface area contributed by atoms with Crippen LogP contribution < -0.4 is 15.3 Å². The third-order valence-electron chi connectivity index (χ3n) is 2.62. The fourth-order valence-electron chi connectivity index (χ4n) is 1.45. The van der Waals surface area contributed by atoms with Crippen molar-refractivity contribution < 1.29 is 29.7 Å². The van der Waals surface area contributed by atoms with Crippen molar-refractivity contribution in [3.63, 3.8) is 0 Å². The summed E-state index contributed by atoms with van der Waals surface area (Å²) < 4.78 is 0. The van der Waals surface area contributed by atoms with Crippen LogP contribution in [0.2, 0.25) is 0 Å². The van der Waals surface area contributed by atoms with Crippen LogP contribution in [0.4, 0.5) is 0 Å². The molecule has 3 heterocycles. The van der Waals surface area contributed by atoms with E-state index in [2.05, 4.69) is 15.0 Å². The molecule has 0 radical (unpaired) electrons. The zero-order chi connectivity index (χ0) is 20.1. The second kappa shape index (κ2) is 13.2. The van der Waals surface area contributed by atoms with Crippen molar-refractivity contribution in [2.24, 2.45) is 0 Å². The second-order valence-electron chi connectivity index (χ2n) is 4.51. The first kappa shape index (κ1) is 23.9. The minimum atomic E-state index is -1.24. The third-order valence-corrected chi connectivity index (χ3v) is 2.62. The summed E-state index contributed by atoms with van der Waals surface area (Å²) in [7, 11) is 0. The molecule has 138 valence electrons. The maximum Gasteiger partial charge on any atom is 3.00 e. The van der Waals surface area contributed by atoms with Gasteiger partial charge in [0.1, 0.15) is 0 Å². The van der Waals surface area contributed by atoms with Crippen LogP contribution in [0.15, 0.2) is 73.2 Å². The Labute approximate surface area is 162 Å². The van der Waals surface area contributed by atoms with Gasteiger partial charge in [-0.2, -0.15) is 0 Å². The topological polar surface area (TPSA) is 159 Å². The summed E-state index contributed by atoms with van der Waals surface area (Å²) in [6.45, 7) is 0. The van der Waals surface area contributed by atoms with Crippen LogP contribution in [0.5, 0.6) is 0 Å². The number of hydrogen-bond acceptors (Lipinski definition) is 9. The van der Waals surface area contributed by atoms with Gasteiger partial charge < -0.3 is 29.7 Å². The van der Waals surface area contributed by atoms with Crippen molar-refractivity contribution in [2.45, 2.75) is 0 Å². The molecule has 0 aliphatic heterocycles. The second-order valence-corrected chi connectivity index (χ2v) is 4.51. The van der Waals surface area contributed by atoms with Gasteiger partial charge in [-0.15, -0.1) is 0 Å². The summed E-state index contributed by atoms with van der Waals surface area (Å²) >= 11 is 0. The molecule has 0 bridgehead atoms. The molecule has 0 saturated carbocycles. The minimum absolute atomic E-state index is 0. The zero-order valence-electron chi connectivity index (χ0n) is 14.3. The maximum absolute atomic E-state index is 10.0. The molecule has 0 N–H and O–H groups in total. The van der Waals surface area contributed by atoms with E-state index in [1.807, 2.05) is 0 Å². The summed E-state index contributed by atoms with van der Waals surface area (Å²) in [5.74, 6) is -3.72. The zero-order valence-corrected chi connectivity index (χ0v) is 14.3. The Bertz CT molecular complexity index is 747. The van der Waals surface area contributed by atoms with Crippen molar-refractivity contribution in [3.05, 3.63) is 90.3 Å². The first-order valence-electron chi connectivity index (χ1n) is 7.29. The van der Waals surface area contributed by atoms with Gasteiger partial charge in [0.05, 0.1) is 35.0 Å². The van der Waals surface area contributed by atoms with Gasteiger partial charge in [-0.1, -0.05) is 18.2 Å². The van der Waals surface area contributed by atoms with E-state index >= 15 is 0 Å². The van der Waals surface area contributed by atoms with Gasteiger partial charge in [0, 0.05) is 18.6 Å². The molecule has 3 aromatic heterocycles. The molecule has 10 heteroatoms. The molecular formula is C18H12BN3O6. The minimum Gasteiger partial charge on any atom is -0.543 e. The number of hydrogen-bond donors (Lipinski definition) is 0. The molecular weight excluding hydrogens is 365 g/mol. The smallest absolute Gasteiger partial charge is 0.543 e. The first-order valence-corrected chi connectivity index (χ1v) is 7.29. The Morgan fingerprint density at radius 3 is 0.893 bits per heavy atom. The van der Waals surface area contributed by atoms with E-state index in [1.165, 1.54) is 36.8 Å². The van der Waals surface area contributed by atoms with Gasteiger partial charge in [-0.3, -0.25) is 15.0 Å². The summed E-state index contributed by atoms with van der Waals surface area (Å²) in [6, 6.07) is 13.9. The molecule has 28 heavy (non-hydrogen) atoms. The number of rotatable bonds is 3. The van der Waals surface area contributed by atoms with Crippen molar-refractivity contribution in [1.82, 2.24) is 15.0 Å². The molecule has 0 aliphatic carbocycles. The summed E-state index contributed by atoms with van der Waals surface area (Å²) in [5.41, 5.74) is -0.0903. The molecule has 0 unspecified atom stereocenters. The summed E-state index contributed by atoms with van der Waals surface area (Å²) in [4.78, 5) is 40.6. The molecule has 9 nitrogen and oxygen atoms in total. The number of nitrogens with zero attached hydrogens (tertiary/aromatic N) is 3. The quantitative estimate of drug-likeness (QED) is 0.468. The van der Waals surface area contributed by atoms with Gasteiger partial charge in [0.2, 0.25) is 0 Å². The molecule has 0 spiro atoms. The monoisotopic (exact) mass is 377 g/mol. The molecule has 3 rings (SSSR count). The van der Waals surface area contributed by atoms with Gasteiger partial charge in [-0.25, -0.2) is 0 Å². The molecule has 0 aliphatic rings. The SMILES string of the molecule is O=C([O-])c1ccccn1.O=C([O-])c1ccccn1.O=C([O-])c1ccccn1.[B+3]. The predicted molar refractivity (Wildman–Crippen MR) is 91.5 cm³/mol. The van der Waals surface area contributed by atoms with Gasteiger partial charge >= 0.3 is 8.41 Å². The molecule has 0 aromatic carbocycles. The largest absolute Gasteiger partial charge is 3.00 e. The Hall–Kier alpha value is -4.08. The number of carboxylic acids is 3. The maximum atomic E-state index is 10.0. The van der Waals surface area contributed by atoms with Gasteiger partial charge in [0.15, 0.2) is 0 Å². The fraction of sp³-hybridized carbons (Fsp3) is 0. The van der Waals surface area contributed by atoms with Crippen LogP contribution in [-0.4, -0.2) is 41.3 Å². The van der Waals surface area contributed by atoms with E-state index in [1.54, 1.807) is 36.4 Å². The van der Waals surface area contributed by atoms with Gasteiger partial charge in [-0.05, 0) is 36.4 Å². The first-order chi connectivity index (χ1) is 12.9. The average Bonchev–Trinajstić information content (AvgIpc) is 2.71. The van der Waals surface area contributed by atoms with Crippen molar-refractivity contribution in [1.29, 1.82) is 0 Å². The van der Waals surface area contributed by atoms with Crippen LogP contribution in [0.25, 0.3) is 0 Å².